The maximum atomic E-state index is 13.4. The summed E-state index contributed by atoms with van der Waals surface area (Å²) in [6.07, 6.45) is 8.64. The van der Waals surface area contributed by atoms with Gasteiger partial charge in [-0.2, -0.15) is 0 Å². The van der Waals surface area contributed by atoms with Crippen LogP contribution in [0.5, 0.6) is 0 Å². The van der Waals surface area contributed by atoms with Crippen LogP contribution in [0, 0.1) is 5.82 Å². The van der Waals surface area contributed by atoms with Crippen LogP contribution in [0.15, 0.2) is 24.3 Å². The van der Waals surface area contributed by atoms with Gasteiger partial charge in [0.15, 0.2) is 0 Å². The fourth-order valence-electron chi connectivity index (χ4n) is 2.47. The molecule has 1 unspecified atom stereocenters. The van der Waals surface area contributed by atoms with E-state index in [1.165, 1.54) is 44.6 Å². The molecule has 0 radical (unpaired) electrons. The normalized spacial score (nSPS) is 16.1. The van der Waals surface area contributed by atoms with Crippen LogP contribution in [0.3, 0.4) is 0 Å². The summed E-state index contributed by atoms with van der Waals surface area (Å²) in [6.45, 7) is 3.76. The van der Waals surface area contributed by atoms with Crippen molar-refractivity contribution in [1.82, 2.24) is 5.32 Å². The molecule has 1 aromatic carbocycles. The molecule has 1 aromatic rings. The van der Waals surface area contributed by atoms with E-state index < -0.39 is 0 Å². The molecule has 0 bridgehead atoms. The molecule has 0 amide bonds. The van der Waals surface area contributed by atoms with Crippen LogP contribution in [-0.4, -0.2) is 19.2 Å². The monoisotopic (exact) mass is 293 g/mol. The molecule has 1 aliphatic rings. The van der Waals surface area contributed by atoms with Gasteiger partial charge < -0.3 is 10.1 Å². The molecule has 0 aromatic heterocycles. The lowest BCUT2D eigenvalue weighted by Crippen LogP contribution is -2.25. The second-order valence-corrected chi connectivity index (χ2v) is 6.01. The Hall–Kier alpha value is -0.930. The molecule has 2 rings (SSSR count). The number of ether oxygens (including phenoxy) is 1. The van der Waals surface area contributed by atoms with E-state index in [-0.39, 0.29) is 11.9 Å². The van der Waals surface area contributed by atoms with E-state index in [0.29, 0.717) is 6.04 Å². The predicted octanol–water partition coefficient (Wildman–Crippen LogP) is 4.61. The third-order valence-corrected chi connectivity index (χ3v) is 3.96. The Balaban J connectivity index is 1.77. The minimum Gasteiger partial charge on any atom is -0.372 e. The summed E-state index contributed by atoms with van der Waals surface area (Å²) in [5, 5.41) is 3.49. The van der Waals surface area contributed by atoms with Crippen LogP contribution in [0.1, 0.15) is 63.5 Å². The summed E-state index contributed by atoms with van der Waals surface area (Å²) < 4.78 is 19.4. The lowest BCUT2D eigenvalue weighted by molar-refractivity contribution is 0.0493. The number of rotatable bonds is 11. The lowest BCUT2D eigenvalue weighted by atomic mass is 10.1. The average Bonchev–Trinajstić information content (AvgIpc) is 3.30. The molecular weight excluding hydrogens is 265 g/mol. The predicted molar refractivity (Wildman–Crippen MR) is 84.9 cm³/mol. The van der Waals surface area contributed by atoms with Gasteiger partial charge in [0.1, 0.15) is 5.82 Å². The van der Waals surface area contributed by atoms with E-state index in [4.69, 9.17) is 4.74 Å². The van der Waals surface area contributed by atoms with Gasteiger partial charge >= 0.3 is 0 Å². The summed E-state index contributed by atoms with van der Waals surface area (Å²) >= 11 is 0. The van der Waals surface area contributed by atoms with Crippen molar-refractivity contribution in [3.8, 4) is 0 Å². The van der Waals surface area contributed by atoms with Crippen molar-refractivity contribution in [1.29, 1.82) is 0 Å². The molecule has 1 aliphatic carbocycles. The van der Waals surface area contributed by atoms with Crippen LogP contribution in [0.25, 0.3) is 0 Å². The summed E-state index contributed by atoms with van der Waals surface area (Å²) in [5.41, 5.74) is 0.941. The molecule has 21 heavy (non-hydrogen) atoms. The number of nitrogens with one attached hydrogen (secondary N) is 1. The minimum absolute atomic E-state index is 0.0347. The fraction of sp³-hybridized carbons (Fsp3) is 0.667. The summed E-state index contributed by atoms with van der Waals surface area (Å²) in [6, 6.07) is 7.45. The number of unbranched alkanes of at least 4 members (excludes halogenated alkanes) is 4. The van der Waals surface area contributed by atoms with Crippen molar-refractivity contribution in [2.24, 2.45) is 0 Å². The van der Waals surface area contributed by atoms with Crippen LogP contribution in [0.4, 0.5) is 4.39 Å². The molecule has 0 heterocycles. The SMILES string of the molecule is CCCCCCCOC(CNC1CC1)c1cccc(F)c1. The van der Waals surface area contributed by atoms with E-state index in [1.54, 1.807) is 12.1 Å². The van der Waals surface area contributed by atoms with Gasteiger partial charge in [0.2, 0.25) is 0 Å². The maximum absolute atomic E-state index is 13.4. The average molecular weight is 293 g/mol. The van der Waals surface area contributed by atoms with Gasteiger partial charge in [0, 0.05) is 19.2 Å². The first-order valence-corrected chi connectivity index (χ1v) is 8.40. The third-order valence-electron chi connectivity index (χ3n) is 3.96. The van der Waals surface area contributed by atoms with Gasteiger partial charge in [-0.25, -0.2) is 4.39 Å². The molecule has 1 saturated carbocycles. The summed E-state index contributed by atoms with van der Waals surface area (Å²) in [4.78, 5) is 0. The van der Waals surface area contributed by atoms with E-state index in [2.05, 4.69) is 12.2 Å². The first-order chi connectivity index (χ1) is 10.3. The quantitative estimate of drug-likeness (QED) is 0.602. The van der Waals surface area contributed by atoms with Crippen LogP contribution >= 0.6 is 0 Å². The van der Waals surface area contributed by atoms with E-state index >= 15 is 0 Å². The lowest BCUT2D eigenvalue weighted by Gasteiger charge is -2.19. The number of hydrogen-bond donors (Lipinski definition) is 1. The van der Waals surface area contributed by atoms with Gasteiger partial charge in [0.05, 0.1) is 6.10 Å². The van der Waals surface area contributed by atoms with Gasteiger partial charge in [-0.15, -0.1) is 0 Å². The van der Waals surface area contributed by atoms with Crippen LogP contribution in [-0.2, 0) is 4.74 Å². The molecule has 1 fully saturated rings. The molecule has 1 atom stereocenters. The van der Waals surface area contributed by atoms with E-state index in [0.717, 1.165) is 25.1 Å². The topological polar surface area (TPSA) is 21.3 Å². The largest absolute Gasteiger partial charge is 0.372 e. The number of hydrogen-bond acceptors (Lipinski definition) is 2. The second kappa shape index (κ2) is 9.16. The highest BCUT2D eigenvalue weighted by atomic mass is 19.1. The zero-order valence-electron chi connectivity index (χ0n) is 13.1. The van der Waals surface area contributed by atoms with Gasteiger partial charge in [-0.05, 0) is 37.0 Å². The highest BCUT2D eigenvalue weighted by Crippen LogP contribution is 2.23. The Morgan fingerprint density at radius 3 is 2.76 bits per heavy atom. The second-order valence-electron chi connectivity index (χ2n) is 6.01. The standard InChI is InChI=1S/C18H28FNO/c1-2-3-4-5-6-12-21-18(14-20-17-10-11-17)15-8-7-9-16(19)13-15/h7-9,13,17-18,20H,2-6,10-12,14H2,1H3. The Kier molecular flexibility index (Phi) is 7.17. The molecule has 118 valence electrons. The molecule has 3 heteroatoms. The van der Waals surface area contributed by atoms with Crippen molar-refractivity contribution in [3.05, 3.63) is 35.6 Å². The molecular formula is C18H28FNO. The molecule has 0 aliphatic heterocycles. The smallest absolute Gasteiger partial charge is 0.123 e. The van der Waals surface area contributed by atoms with Crippen molar-refractivity contribution < 1.29 is 9.13 Å². The maximum Gasteiger partial charge on any atom is 0.123 e. The highest BCUT2D eigenvalue weighted by Gasteiger charge is 2.22. The highest BCUT2D eigenvalue weighted by molar-refractivity contribution is 5.19. The Morgan fingerprint density at radius 2 is 2.05 bits per heavy atom. The first-order valence-electron chi connectivity index (χ1n) is 8.40. The van der Waals surface area contributed by atoms with Crippen LogP contribution in [0.2, 0.25) is 0 Å². The Labute approximate surface area is 128 Å². The van der Waals surface area contributed by atoms with Gasteiger partial charge in [-0.3, -0.25) is 0 Å². The molecule has 2 nitrogen and oxygen atoms in total. The third kappa shape index (κ3) is 6.58. The zero-order valence-corrected chi connectivity index (χ0v) is 13.1. The van der Waals surface area contributed by atoms with Crippen LogP contribution < -0.4 is 5.32 Å². The minimum atomic E-state index is -0.185. The summed E-state index contributed by atoms with van der Waals surface area (Å²) in [7, 11) is 0. The number of benzene rings is 1. The zero-order chi connectivity index (χ0) is 14.9. The number of halogens is 1. The van der Waals surface area contributed by atoms with Crippen molar-refractivity contribution in [2.45, 2.75) is 64.0 Å². The Morgan fingerprint density at radius 1 is 1.24 bits per heavy atom. The fourth-order valence-corrected chi connectivity index (χ4v) is 2.47. The van der Waals surface area contributed by atoms with E-state index in [9.17, 15) is 4.39 Å². The molecule has 1 N–H and O–H groups in total. The molecule has 0 spiro atoms. The van der Waals surface area contributed by atoms with Crippen molar-refractivity contribution in [2.75, 3.05) is 13.2 Å². The first kappa shape index (κ1) is 16.4. The Bertz CT molecular complexity index is 406. The van der Waals surface area contributed by atoms with Gasteiger partial charge in [0.25, 0.3) is 0 Å². The summed E-state index contributed by atoms with van der Waals surface area (Å²) in [5.74, 6) is -0.185. The van der Waals surface area contributed by atoms with Crippen molar-refractivity contribution in [3.63, 3.8) is 0 Å². The van der Waals surface area contributed by atoms with E-state index in [1.807, 2.05) is 6.07 Å². The van der Waals surface area contributed by atoms with Gasteiger partial charge in [-0.1, -0.05) is 44.7 Å². The van der Waals surface area contributed by atoms with Crippen molar-refractivity contribution >= 4 is 0 Å². The molecule has 0 saturated heterocycles.